The molecular formula is C16H21N3O3. The molecule has 3 rings (SSSR count). The van der Waals surface area contributed by atoms with E-state index < -0.39 is 5.79 Å². The Hall–Kier alpha value is -1.76. The number of hydrogen-bond acceptors (Lipinski definition) is 5. The zero-order valence-corrected chi connectivity index (χ0v) is 12.7. The van der Waals surface area contributed by atoms with E-state index in [0.717, 1.165) is 25.9 Å². The van der Waals surface area contributed by atoms with E-state index in [-0.39, 0.29) is 18.2 Å². The van der Waals surface area contributed by atoms with Crippen molar-refractivity contribution in [3.05, 3.63) is 40.9 Å². The van der Waals surface area contributed by atoms with Crippen LogP contribution in [0.2, 0.25) is 0 Å². The molecule has 1 aromatic carbocycles. The molecule has 0 saturated carbocycles. The number of rotatable bonds is 4. The number of benzene rings is 1. The lowest BCUT2D eigenvalue weighted by Crippen LogP contribution is -2.45. The Bertz CT molecular complexity index is 705. The summed E-state index contributed by atoms with van der Waals surface area (Å²) < 4.78 is 7.16. The van der Waals surface area contributed by atoms with Gasteiger partial charge in [0.15, 0.2) is 5.79 Å². The minimum absolute atomic E-state index is 0.0344. The Morgan fingerprint density at radius 3 is 3.09 bits per heavy atom. The Morgan fingerprint density at radius 1 is 1.50 bits per heavy atom. The normalized spacial score (nSPS) is 21.6. The molecular weight excluding hydrogens is 282 g/mol. The molecule has 0 radical (unpaired) electrons. The third-order valence-electron chi connectivity index (χ3n) is 3.87. The molecule has 2 aromatic rings. The fraction of sp³-hybridized carbons (Fsp3) is 0.500. The maximum absolute atomic E-state index is 12.4. The summed E-state index contributed by atoms with van der Waals surface area (Å²) in [6.07, 6.45) is 3.36. The van der Waals surface area contributed by atoms with Gasteiger partial charge in [0.05, 0.1) is 29.9 Å². The number of nitrogens with zero attached hydrogens (tertiary/aromatic N) is 2. The summed E-state index contributed by atoms with van der Waals surface area (Å²) in [7, 11) is 0. The molecule has 2 N–H and O–H groups in total. The molecule has 0 aliphatic carbocycles. The van der Waals surface area contributed by atoms with Crippen molar-refractivity contribution in [1.29, 1.82) is 0 Å². The van der Waals surface area contributed by atoms with Gasteiger partial charge in [0.2, 0.25) is 0 Å². The standard InChI is InChI=1S/C16H21N3O3/c1-16(21,22-12-5-4-8-17-9-12)10-19-11-18-14-7-3-2-6-13(14)15(19)20/h2-3,6-7,11-12,17,21H,4-5,8-10H2,1H3/t12-,16?/m1/s1. The average Bonchev–Trinajstić information content (AvgIpc) is 2.51. The molecule has 1 unspecified atom stereocenters. The van der Waals surface area contributed by atoms with Crippen molar-refractivity contribution in [1.82, 2.24) is 14.9 Å². The van der Waals surface area contributed by atoms with Crippen LogP contribution < -0.4 is 10.9 Å². The number of fused-ring (bicyclic) bond motifs is 1. The summed E-state index contributed by atoms with van der Waals surface area (Å²) in [5.74, 6) is -1.41. The maximum atomic E-state index is 12.4. The summed E-state index contributed by atoms with van der Waals surface area (Å²) in [6, 6.07) is 7.18. The van der Waals surface area contributed by atoms with Crippen LogP contribution in [-0.4, -0.2) is 39.6 Å². The van der Waals surface area contributed by atoms with Gasteiger partial charge in [-0.25, -0.2) is 4.98 Å². The molecule has 6 heteroatoms. The minimum atomic E-state index is -1.41. The average molecular weight is 303 g/mol. The zero-order valence-electron chi connectivity index (χ0n) is 12.7. The third kappa shape index (κ3) is 3.35. The van der Waals surface area contributed by atoms with Gasteiger partial charge in [-0.3, -0.25) is 9.36 Å². The summed E-state index contributed by atoms with van der Waals surface area (Å²) >= 11 is 0. The Balaban J connectivity index is 1.79. The van der Waals surface area contributed by atoms with Gasteiger partial charge in [0.1, 0.15) is 0 Å². The lowest BCUT2D eigenvalue weighted by atomic mass is 10.1. The highest BCUT2D eigenvalue weighted by Crippen LogP contribution is 2.16. The molecule has 6 nitrogen and oxygen atoms in total. The number of aliphatic hydroxyl groups is 1. The predicted octanol–water partition coefficient (Wildman–Crippen LogP) is 0.874. The van der Waals surface area contributed by atoms with Crippen molar-refractivity contribution >= 4 is 10.9 Å². The third-order valence-corrected chi connectivity index (χ3v) is 3.87. The first-order valence-corrected chi connectivity index (χ1v) is 7.60. The number of piperidine rings is 1. The number of nitrogens with one attached hydrogen (secondary N) is 1. The van der Waals surface area contributed by atoms with Crippen LogP contribution in [0.3, 0.4) is 0 Å². The molecule has 0 bridgehead atoms. The monoisotopic (exact) mass is 303 g/mol. The van der Waals surface area contributed by atoms with Crippen molar-refractivity contribution in [3.8, 4) is 0 Å². The summed E-state index contributed by atoms with van der Waals surface area (Å²) in [4.78, 5) is 16.7. The molecule has 1 fully saturated rings. The van der Waals surface area contributed by atoms with Crippen LogP contribution in [0, 0.1) is 0 Å². The van der Waals surface area contributed by atoms with Gasteiger partial charge in [0, 0.05) is 6.54 Å². The summed E-state index contributed by atoms with van der Waals surface area (Å²) in [5, 5.41) is 14.3. The first-order chi connectivity index (χ1) is 10.6. The summed E-state index contributed by atoms with van der Waals surface area (Å²) in [5.41, 5.74) is 0.483. The van der Waals surface area contributed by atoms with E-state index in [1.165, 1.54) is 10.9 Å². The van der Waals surface area contributed by atoms with E-state index in [1.807, 2.05) is 6.07 Å². The molecule has 118 valence electrons. The van der Waals surface area contributed by atoms with Crippen LogP contribution in [0.15, 0.2) is 35.4 Å². The Labute approximate surface area is 128 Å². The number of aromatic nitrogens is 2. The maximum Gasteiger partial charge on any atom is 0.261 e. The van der Waals surface area contributed by atoms with Gasteiger partial charge >= 0.3 is 0 Å². The number of ether oxygens (including phenoxy) is 1. The molecule has 2 heterocycles. The molecule has 22 heavy (non-hydrogen) atoms. The highest BCUT2D eigenvalue weighted by atomic mass is 16.6. The van der Waals surface area contributed by atoms with Crippen LogP contribution >= 0.6 is 0 Å². The van der Waals surface area contributed by atoms with Crippen LogP contribution in [0.25, 0.3) is 10.9 Å². The van der Waals surface area contributed by atoms with Gasteiger partial charge < -0.3 is 15.2 Å². The van der Waals surface area contributed by atoms with Crippen molar-refractivity contribution in [2.75, 3.05) is 13.1 Å². The van der Waals surface area contributed by atoms with Crippen LogP contribution in [0.1, 0.15) is 19.8 Å². The second kappa shape index (κ2) is 6.16. The van der Waals surface area contributed by atoms with E-state index in [2.05, 4.69) is 10.3 Å². The van der Waals surface area contributed by atoms with Crippen molar-refractivity contribution in [3.63, 3.8) is 0 Å². The van der Waals surface area contributed by atoms with Crippen LogP contribution in [0.5, 0.6) is 0 Å². The van der Waals surface area contributed by atoms with Gasteiger partial charge in [-0.15, -0.1) is 0 Å². The first kappa shape index (κ1) is 15.1. The second-order valence-corrected chi connectivity index (χ2v) is 5.96. The molecule has 0 spiro atoms. The lowest BCUT2D eigenvalue weighted by Gasteiger charge is -2.32. The molecule has 1 aromatic heterocycles. The van der Waals surface area contributed by atoms with Gasteiger partial charge in [-0.1, -0.05) is 12.1 Å². The van der Waals surface area contributed by atoms with Gasteiger partial charge in [0.25, 0.3) is 5.56 Å². The predicted molar refractivity (Wildman–Crippen MR) is 83.6 cm³/mol. The SMILES string of the molecule is CC(O)(Cn1cnc2ccccc2c1=O)O[C@@H]1CCCNC1. The zero-order chi connectivity index (χ0) is 15.6. The second-order valence-electron chi connectivity index (χ2n) is 5.96. The Morgan fingerprint density at radius 2 is 2.32 bits per heavy atom. The molecule has 1 aliphatic heterocycles. The van der Waals surface area contributed by atoms with E-state index >= 15 is 0 Å². The largest absolute Gasteiger partial charge is 0.364 e. The van der Waals surface area contributed by atoms with Crippen molar-refractivity contribution in [2.24, 2.45) is 0 Å². The quantitative estimate of drug-likeness (QED) is 0.820. The van der Waals surface area contributed by atoms with Crippen LogP contribution in [-0.2, 0) is 11.3 Å². The van der Waals surface area contributed by atoms with Crippen molar-refractivity contribution in [2.45, 2.75) is 38.2 Å². The number of hydrogen-bond donors (Lipinski definition) is 2. The minimum Gasteiger partial charge on any atom is -0.364 e. The highest BCUT2D eigenvalue weighted by molar-refractivity contribution is 5.76. The fourth-order valence-corrected chi connectivity index (χ4v) is 2.85. The van der Waals surface area contributed by atoms with Crippen molar-refractivity contribution < 1.29 is 9.84 Å². The molecule has 2 atom stereocenters. The van der Waals surface area contributed by atoms with Crippen LogP contribution in [0.4, 0.5) is 0 Å². The van der Waals surface area contributed by atoms with Gasteiger partial charge in [-0.2, -0.15) is 0 Å². The lowest BCUT2D eigenvalue weighted by molar-refractivity contribution is -0.228. The summed E-state index contributed by atoms with van der Waals surface area (Å²) in [6.45, 7) is 3.35. The van der Waals surface area contributed by atoms with E-state index in [4.69, 9.17) is 4.74 Å². The molecule has 1 saturated heterocycles. The van der Waals surface area contributed by atoms with E-state index in [0.29, 0.717) is 10.9 Å². The molecule has 0 amide bonds. The van der Waals surface area contributed by atoms with Gasteiger partial charge in [-0.05, 0) is 38.4 Å². The topological polar surface area (TPSA) is 76.4 Å². The highest BCUT2D eigenvalue weighted by Gasteiger charge is 2.28. The van der Waals surface area contributed by atoms with E-state index in [1.54, 1.807) is 25.1 Å². The smallest absolute Gasteiger partial charge is 0.261 e. The molecule has 1 aliphatic rings. The van der Waals surface area contributed by atoms with E-state index in [9.17, 15) is 9.90 Å². The number of para-hydroxylation sites is 1. The first-order valence-electron chi connectivity index (χ1n) is 7.60. The fourth-order valence-electron chi connectivity index (χ4n) is 2.85. The Kier molecular flexibility index (Phi) is 4.24.